The summed E-state index contributed by atoms with van der Waals surface area (Å²) in [4.78, 5) is 11.1. The summed E-state index contributed by atoms with van der Waals surface area (Å²) in [6.07, 6.45) is 0. The van der Waals surface area contributed by atoms with E-state index in [1.54, 1.807) is 0 Å². The van der Waals surface area contributed by atoms with E-state index in [4.69, 9.17) is 9.84 Å². The molecule has 2 aromatic carbocycles. The summed E-state index contributed by atoms with van der Waals surface area (Å²) in [6.45, 7) is 0. The van der Waals surface area contributed by atoms with Crippen LogP contribution in [0.3, 0.4) is 0 Å². The van der Waals surface area contributed by atoms with Crippen LogP contribution >= 0.6 is 11.8 Å². The molecule has 0 saturated carbocycles. The molecule has 0 heterocycles. The lowest BCUT2D eigenvalue weighted by atomic mass is 10.2. The van der Waals surface area contributed by atoms with E-state index < -0.39 is 17.6 Å². The van der Waals surface area contributed by atoms with Gasteiger partial charge in [0.05, 0.1) is 12.7 Å². The van der Waals surface area contributed by atoms with Crippen molar-refractivity contribution in [3.05, 3.63) is 59.2 Å². The van der Waals surface area contributed by atoms with Crippen molar-refractivity contribution in [3.63, 3.8) is 0 Å². The molecule has 0 spiro atoms. The maximum Gasteiger partial charge on any atom is 0.335 e. The summed E-state index contributed by atoms with van der Waals surface area (Å²) in [5.74, 6) is -1.29. The van der Waals surface area contributed by atoms with Gasteiger partial charge in [-0.05, 0) is 36.4 Å². The summed E-state index contributed by atoms with van der Waals surface area (Å²) in [5.41, 5.74) is 0.577. The van der Waals surface area contributed by atoms with E-state index in [1.807, 2.05) is 0 Å². The third-order valence-corrected chi connectivity index (χ3v) is 3.88. The zero-order valence-electron chi connectivity index (χ0n) is 11.1. The molecule has 2 aromatic rings. The highest BCUT2D eigenvalue weighted by atomic mass is 32.2. The number of hydrogen-bond donors (Lipinski definition) is 1. The SMILES string of the molecule is COc1ccc(F)cc1CSc1cc(C(=O)O)ccc1F. The summed E-state index contributed by atoms with van der Waals surface area (Å²) in [7, 11) is 1.47. The first kappa shape index (κ1) is 15.3. The van der Waals surface area contributed by atoms with Gasteiger partial charge in [-0.15, -0.1) is 11.8 Å². The van der Waals surface area contributed by atoms with Gasteiger partial charge in [-0.25, -0.2) is 13.6 Å². The van der Waals surface area contributed by atoms with Crippen LogP contribution in [-0.4, -0.2) is 18.2 Å². The van der Waals surface area contributed by atoms with Crippen molar-refractivity contribution in [2.24, 2.45) is 0 Å². The number of carboxylic acid groups (broad SMARTS) is 1. The maximum absolute atomic E-state index is 13.7. The Kier molecular flexibility index (Phi) is 4.80. The van der Waals surface area contributed by atoms with Gasteiger partial charge in [0, 0.05) is 16.2 Å². The Bertz CT molecular complexity index is 674. The smallest absolute Gasteiger partial charge is 0.335 e. The number of ether oxygens (including phenoxy) is 1. The Morgan fingerprint density at radius 3 is 2.67 bits per heavy atom. The molecule has 0 saturated heterocycles. The Morgan fingerprint density at radius 2 is 2.00 bits per heavy atom. The third kappa shape index (κ3) is 3.72. The van der Waals surface area contributed by atoms with Crippen LogP contribution in [0.25, 0.3) is 0 Å². The van der Waals surface area contributed by atoms with Gasteiger partial charge in [0.25, 0.3) is 0 Å². The van der Waals surface area contributed by atoms with Gasteiger partial charge in [-0.1, -0.05) is 0 Å². The number of aromatic carboxylic acids is 1. The van der Waals surface area contributed by atoms with E-state index in [9.17, 15) is 13.6 Å². The lowest BCUT2D eigenvalue weighted by molar-refractivity contribution is 0.0696. The van der Waals surface area contributed by atoms with Crippen LogP contribution in [0.2, 0.25) is 0 Å². The molecule has 0 aliphatic rings. The quantitative estimate of drug-likeness (QED) is 0.849. The minimum absolute atomic E-state index is 0.00473. The Hall–Kier alpha value is -2.08. The monoisotopic (exact) mass is 310 g/mol. The summed E-state index contributed by atoms with van der Waals surface area (Å²) >= 11 is 1.08. The molecule has 0 radical (unpaired) electrons. The average Bonchev–Trinajstić information content (AvgIpc) is 2.46. The van der Waals surface area contributed by atoms with E-state index in [0.717, 1.165) is 17.8 Å². The molecule has 0 bridgehead atoms. The zero-order chi connectivity index (χ0) is 15.4. The van der Waals surface area contributed by atoms with Crippen molar-refractivity contribution in [3.8, 4) is 5.75 Å². The molecule has 0 aliphatic carbocycles. The highest BCUT2D eigenvalue weighted by Gasteiger charge is 2.11. The van der Waals surface area contributed by atoms with E-state index in [2.05, 4.69) is 0 Å². The first-order valence-electron chi connectivity index (χ1n) is 5.99. The first-order valence-corrected chi connectivity index (χ1v) is 6.98. The molecule has 3 nitrogen and oxygen atoms in total. The van der Waals surface area contributed by atoms with Crippen LogP contribution in [0.4, 0.5) is 8.78 Å². The predicted molar refractivity (Wildman–Crippen MR) is 75.9 cm³/mol. The second-order valence-electron chi connectivity index (χ2n) is 4.20. The molecule has 0 amide bonds. The number of halogens is 2. The number of benzene rings is 2. The largest absolute Gasteiger partial charge is 0.496 e. The minimum Gasteiger partial charge on any atom is -0.496 e. The van der Waals surface area contributed by atoms with Crippen LogP contribution in [0, 0.1) is 11.6 Å². The number of carbonyl (C=O) groups is 1. The molecule has 2 rings (SSSR count). The van der Waals surface area contributed by atoms with Crippen LogP contribution in [0.1, 0.15) is 15.9 Å². The molecule has 1 N–H and O–H groups in total. The molecule has 0 fully saturated rings. The molecule has 0 unspecified atom stereocenters. The predicted octanol–water partition coefficient (Wildman–Crippen LogP) is 3.96. The maximum atomic E-state index is 13.7. The van der Waals surface area contributed by atoms with Gasteiger partial charge in [-0.2, -0.15) is 0 Å². The fraction of sp³-hybridized carbons (Fsp3) is 0.133. The van der Waals surface area contributed by atoms with E-state index in [1.165, 1.54) is 37.4 Å². The van der Waals surface area contributed by atoms with Gasteiger partial charge >= 0.3 is 5.97 Å². The van der Waals surface area contributed by atoms with Gasteiger partial charge in [0.2, 0.25) is 0 Å². The number of hydrogen-bond acceptors (Lipinski definition) is 3. The standard InChI is InChI=1S/C15H12F2O3S/c1-20-13-5-3-11(16)6-10(13)8-21-14-7-9(15(18)19)2-4-12(14)17/h2-7H,8H2,1H3,(H,18,19). The molecule has 0 aliphatic heterocycles. The third-order valence-electron chi connectivity index (χ3n) is 2.80. The lowest BCUT2D eigenvalue weighted by Gasteiger charge is -2.09. The number of carboxylic acids is 1. The van der Waals surface area contributed by atoms with E-state index in [0.29, 0.717) is 11.3 Å². The molecule has 0 aromatic heterocycles. The van der Waals surface area contributed by atoms with E-state index >= 15 is 0 Å². The summed E-state index contributed by atoms with van der Waals surface area (Å²) < 4.78 is 32.0. The van der Waals surface area contributed by atoms with Gasteiger partial charge in [0.1, 0.15) is 17.4 Å². The highest BCUT2D eigenvalue weighted by molar-refractivity contribution is 7.98. The minimum atomic E-state index is -1.12. The van der Waals surface area contributed by atoms with E-state index in [-0.39, 0.29) is 16.2 Å². The Morgan fingerprint density at radius 1 is 1.24 bits per heavy atom. The normalized spacial score (nSPS) is 10.4. The van der Waals surface area contributed by atoms with Crippen LogP contribution in [-0.2, 0) is 5.75 Å². The number of methoxy groups -OCH3 is 1. The van der Waals surface area contributed by atoms with Crippen LogP contribution < -0.4 is 4.74 Å². The van der Waals surface area contributed by atoms with Crippen LogP contribution in [0.15, 0.2) is 41.3 Å². The number of thioether (sulfide) groups is 1. The van der Waals surface area contributed by atoms with Crippen molar-refractivity contribution in [1.29, 1.82) is 0 Å². The van der Waals surface area contributed by atoms with Crippen molar-refractivity contribution >= 4 is 17.7 Å². The Balaban J connectivity index is 2.22. The van der Waals surface area contributed by atoms with Gasteiger partial charge in [-0.3, -0.25) is 0 Å². The fourth-order valence-corrected chi connectivity index (χ4v) is 2.72. The van der Waals surface area contributed by atoms with Crippen LogP contribution in [0.5, 0.6) is 5.75 Å². The molecule has 110 valence electrons. The molecule has 21 heavy (non-hydrogen) atoms. The molecular formula is C15H12F2O3S. The highest BCUT2D eigenvalue weighted by Crippen LogP contribution is 2.30. The fourth-order valence-electron chi connectivity index (χ4n) is 1.76. The summed E-state index contributed by atoms with van der Waals surface area (Å²) in [6, 6.07) is 7.64. The van der Waals surface area contributed by atoms with Crippen molar-refractivity contribution in [2.45, 2.75) is 10.6 Å². The second-order valence-corrected chi connectivity index (χ2v) is 5.21. The Labute approximate surface area is 124 Å². The first-order chi connectivity index (χ1) is 10.0. The number of rotatable bonds is 5. The van der Waals surface area contributed by atoms with Crippen molar-refractivity contribution < 1.29 is 23.4 Å². The van der Waals surface area contributed by atoms with Gasteiger partial charge in [0.15, 0.2) is 0 Å². The molecule has 0 atom stereocenters. The molecular weight excluding hydrogens is 298 g/mol. The van der Waals surface area contributed by atoms with Crippen molar-refractivity contribution in [2.75, 3.05) is 7.11 Å². The van der Waals surface area contributed by atoms with Crippen molar-refractivity contribution in [1.82, 2.24) is 0 Å². The summed E-state index contributed by atoms with van der Waals surface area (Å²) in [5, 5.41) is 8.90. The lowest BCUT2D eigenvalue weighted by Crippen LogP contribution is -1.97. The molecule has 6 heteroatoms. The topological polar surface area (TPSA) is 46.5 Å². The second kappa shape index (κ2) is 6.58. The van der Waals surface area contributed by atoms with Gasteiger partial charge < -0.3 is 9.84 Å². The zero-order valence-corrected chi connectivity index (χ0v) is 11.9. The average molecular weight is 310 g/mol.